The molecule has 3 heteroatoms. The Kier molecular flexibility index (Phi) is 2.27. The van der Waals surface area contributed by atoms with E-state index in [1.165, 1.54) is 0 Å². The van der Waals surface area contributed by atoms with Crippen LogP contribution < -0.4 is 0 Å². The van der Waals surface area contributed by atoms with Gasteiger partial charge in [-0.15, -0.1) is 0 Å². The molecule has 0 spiro atoms. The highest BCUT2D eigenvalue weighted by Crippen LogP contribution is 2.12. The van der Waals surface area contributed by atoms with Gasteiger partial charge >= 0.3 is 5.97 Å². The molecule has 0 radical (unpaired) electrons. The number of ether oxygens (including phenoxy) is 2. The van der Waals surface area contributed by atoms with Gasteiger partial charge < -0.3 is 9.47 Å². The van der Waals surface area contributed by atoms with E-state index in [9.17, 15) is 4.79 Å². The Morgan fingerprint density at radius 3 is 2.90 bits per heavy atom. The van der Waals surface area contributed by atoms with Crippen LogP contribution >= 0.6 is 0 Å². The van der Waals surface area contributed by atoms with E-state index in [0.717, 1.165) is 6.42 Å². The SMILES string of the molecule is CCC(C)OC(=O)C1CO1. The number of carbonyl (C=O) groups is 1. The van der Waals surface area contributed by atoms with E-state index >= 15 is 0 Å². The van der Waals surface area contributed by atoms with Gasteiger partial charge in [0, 0.05) is 0 Å². The van der Waals surface area contributed by atoms with E-state index in [2.05, 4.69) is 0 Å². The Hall–Kier alpha value is -0.570. The molecule has 1 heterocycles. The van der Waals surface area contributed by atoms with Gasteiger partial charge in [-0.2, -0.15) is 0 Å². The summed E-state index contributed by atoms with van der Waals surface area (Å²) in [5, 5.41) is 0. The summed E-state index contributed by atoms with van der Waals surface area (Å²) in [5.41, 5.74) is 0. The number of epoxide rings is 1. The third kappa shape index (κ3) is 1.99. The second-order valence-corrected chi connectivity index (χ2v) is 2.48. The molecule has 0 N–H and O–H groups in total. The first kappa shape index (κ1) is 7.54. The van der Waals surface area contributed by atoms with Crippen molar-refractivity contribution in [3.8, 4) is 0 Å². The number of hydrogen-bond acceptors (Lipinski definition) is 3. The third-order valence-electron chi connectivity index (χ3n) is 1.49. The predicted octanol–water partition coefficient (Wildman–Crippen LogP) is 0.727. The Balaban J connectivity index is 2.16. The number of esters is 1. The number of hydrogen-bond donors (Lipinski definition) is 0. The lowest BCUT2D eigenvalue weighted by molar-refractivity contribution is -0.149. The minimum absolute atomic E-state index is 0.0247. The van der Waals surface area contributed by atoms with Gasteiger partial charge in [0.25, 0.3) is 0 Å². The summed E-state index contributed by atoms with van der Waals surface area (Å²) in [6, 6.07) is 0. The zero-order chi connectivity index (χ0) is 7.56. The van der Waals surface area contributed by atoms with Gasteiger partial charge in [0.1, 0.15) is 0 Å². The maximum absolute atomic E-state index is 10.8. The van der Waals surface area contributed by atoms with Crippen molar-refractivity contribution >= 4 is 5.97 Å². The van der Waals surface area contributed by atoms with Gasteiger partial charge in [0.2, 0.25) is 0 Å². The van der Waals surface area contributed by atoms with E-state index in [1.807, 2.05) is 13.8 Å². The van der Waals surface area contributed by atoms with Gasteiger partial charge in [0.15, 0.2) is 6.10 Å². The summed E-state index contributed by atoms with van der Waals surface area (Å²) >= 11 is 0. The molecule has 0 aromatic heterocycles. The minimum Gasteiger partial charge on any atom is -0.461 e. The zero-order valence-corrected chi connectivity index (χ0v) is 6.29. The van der Waals surface area contributed by atoms with Crippen molar-refractivity contribution in [2.24, 2.45) is 0 Å². The lowest BCUT2D eigenvalue weighted by atomic mass is 10.3. The summed E-state index contributed by atoms with van der Waals surface area (Å²) < 4.78 is 9.70. The molecular weight excluding hydrogens is 132 g/mol. The van der Waals surface area contributed by atoms with Crippen molar-refractivity contribution < 1.29 is 14.3 Å². The first-order valence-corrected chi connectivity index (χ1v) is 3.56. The minimum atomic E-state index is -0.256. The Labute approximate surface area is 60.3 Å². The van der Waals surface area contributed by atoms with Crippen LogP contribution in [-0.4, -0.2) is 24.8 Å². The van der Waals surface area contributed by atoms with Crippen LogP contribution in [-0.2, 0) is 14.3 Å². The molecule has 0 aliphatic carbocycles. The standard InChI is InChI=1S/C7H12O3/c1-3-5(2)10-7(8)6-4-9-6/h5-6H,3-4H2,1-2H3. The molecule has 58 valence electrons. The maximum Gasteiger partial charge on any atom is 0.337 e. The van der Waals surface area contributed by atoms with E-state index in [-0.39, 0.29) is 18.2 Å². The lowest BCUT2D eigenvalue weighted by Crippen LogP contribution is -2.18. The molecule has 3 nitrogen and oxygen atoms in total. The van der Waals surface area contributed by atoms with Gasteiger partial charge in [-0.05, 0) is 13.3 Å². The van der Waals surface area contributed by atoms with Crippen molar-refractivity contribution in [1.82, 2.24) is 0 Å². The largest absolute Gasteiger partial charge is 0.461 e. The molecule has 0 aromatic rings. The summed E-state index contributed by atoms with van der Waals surface area (Å²) in [5.74, 6) is -0.214. The van der Waals surface area contributed by atoms with E-state index in [0.29, 0.717) is 6.61 Å². The highest BCUT2D eigenvalue weighted by Gasteiger charge is 2.33. The average molecular weight is 144 g/mol. The van der Waals surface area contributed by atoms with Crippen LogP contribution in [0.5, 0.6) is 0 Å². The maximum atomic E-state index is 10.8. The van der Waals surface area contributed by atoms with E-state index in [1.54, 1.807) is 0 Å². The molecule has 2 unspecified atom stereocenters. The fourth-order valence-electron chi connectivity index (χ4n) is 0.542. The summed E-state index contributed by atoms with van der Waals surface area (Å²) in [4.78, 5) is 10.8. The second-order valence-electron chi connectivity index (χ2n) is 2.48. The van der Waals surface area contributed by atoms with Crippen molar-refractivity contribution in [2.75, 3.05) is 6.61 Å². The first-order chi connectivity index (χ1) is 4.74. The molecule has 1 saturated heterocycles. The molecule has 2 atom stereocenters. The van der Waals surface area contributed by atoms with Gasteiger partial charge in [0.05, 0.1) is 12.7 Å². The Bertz CT molecular complexity index is 129. The molecule has 0 bridgehead atoms. The fourth-order valence-corrected chi connectivity index (χ4v) is 0.542. The van der Waals surface area contributed by atoms with Crippen LogP contribution in [0, 0.1) is 0 Å². The van der Waals surface area contributed by atoms with Crippen molar-refractivity contribution in [1.29, 1.82) is 0 Å². The second kappa shape index (κ2) is 3.01. The molecule has 1 aliphatic rings. The smallest absolute Gasteiger partial charge is 0.337 e. The predicted molar refractivity (Wildman–Crippen MR) is 35.6 cm³/mol. The Morgan fingerprint density at radius 2 is 2.50 bits per heavy atom. The average Bonchev–Trinajstić information content (AvgIpc) is 2.68. The van der Waals surface area contributed by atoms with Crippen LogP contribution in [0.1, 0.15) is 20.3 Å². The van der Waals surface area contributed by atoms with Crippen LogP contribution in [0.15, 0.2) is 0 Å². The molecule has 1 fully saturated rings. The highest BCUT2D eigenvalue weighted by molar-refractivity contribution is 5.77. The third-order valence-corrected chi connectivity index (χ3v) is 1.49. The van der Waals surface area contributed by atoms with Gasteiger partial charge in [-0.25, -0.2) is 4.79 Å². The van der Waals surface area contributed by atoms with Crippen molar-refractivity contribution in [3.05, 3.63) is 0 Å². The Morgan fingerprint density at radius 1 is 1.90 bits per heavy atom. The van der Waals surface area contributed by atoms with Crippen molar-refractivity contribution in [2.45, 2.75) is 32.5 Å². The summed E-state index contributed by atoms with van der Waals surface area (Å²) in [7, 11) is 0. The van der Waals surface area contributed by atoms with Crippen LogP contribution in [0.2, 0.25) is 0 Å². The zero-order valence-electron chi connectivity index (χ0n) is 6.29. The highest BCUT2D eigenvalue weighted by atomic mass is 16.6. The van der Waals surface area contributed by atoms with Crippen LogP contribution in [0.3, 0.4) is 0 Å². The quantitative estimate of drug-likeness (QED) is 0.433. The fraction of sp³-hybridized carbons (Fsp3) is 0.857. The topological polar surface area (TPSA) is 38.8 Å². The molecular formula is C7H12O3. The van der Waals surface area contributed by atoms with E-state index in [4.69, 9.17) is 9.47 Å². The molecule has 1 aliphatic heterocycles. The lowest BCUT2D eigenvalue weighted by Gasteiger charge is -2.08. The van der Waals surface area contributed by atoms with Gasteiger partial charge in [-0.3, -0.25) is 0 Å². The monoisotopic (exact) mass is 144 g/mol. The molecule has 1 rings (SSSR count). The first-order valence-electron chi connectivity index (χ1n) is 3.56. The molecule has 0 aromatic carbocycles. The molecule has 0 saturated carbocycles. The van der Waals surface area contributed by atoms with Gasteiger partial charge in [-0.1, -0.05) is 6.92 Å². The van der Waals surface area contributed by atoms with Crippen LogP contribution in [0.25, 0.3) is 0 Å². The summed E-state index contributed by atoms with van der Waals surface area (Å²) in [6.45, 7) is 4.39. The number of rotatable bonds is 3. The van der Waals surface area contributed by atoms with Crippen molar-refractivity contribution in [3.63, 3.8) is 0 Å². The van der Waals surface area contributed by atoms with Crippen LogP contribution in [0.4, 0.5) is 0 Å². The normalized spacial score (nSPS) is 25.6. The molecule has 10 heavy (non-hydrogen) atoms. The number of carbonyl (C=O) groups excluding carboxylic acids is 1. The molecule has 0 amide bonds. The van der Waals surface area contributed by atoms with E-state index < -0.39 is 0 Å². The summed E-state index contributed by atoms with van der Waals surface area (Å²) in [6.07, 6.45) is 0.629.